The molecule has 110 valence electrons. The van der Waals surface area contributed by atoms with Gasteiger partial charge in [-0.1, -0.05) is 17.7 Å². The number of aliphatic hydroxyl groups is 1. The van der Waals surface area contributed by atoms with Crippen molar-refractivity contribution < 1.29 is 14.6 Å². The molecule has 1 heterocycles. The normalized spacial score (nSPS) is 20.6. The minimum absolute atomic E-state index is 0.125. The van der Waals surface area contributed by atoms with Crippen LogP contribution in [0.1, 0.15) is 40.9 Å². The fourth-order valence-electron chi connectivity index (χ4n) is 2.87. The average molecular weight is 284 g/mol. The van der Waals surface area contributed by atoms with Crippen LogP contribution in [0, 0.1) is 13.8 Å². The van der Waals surface area contributed by atoms with Crippen molar-refractivity contribution in [2.24, 2.45) is 0 Å². The molecule has 1 N–H and O–H groups in total. The Morgan fingerprint density at radius 2 is 1.95 bits per heavy atom. The lowest BCUT2D eigenvalue weighted by Crippen LogP contribution is -2.19. The summed E-state index contributed by atoms with van der Waals surface area (Å²) in [7, 11) is 1.67. The Labute approximate surface area is 125 Å². The van der Waals surface area contributed by atoms with Crippen LogP contribution in [0.2, 0.25) is 0 Å². The molecule has 1 unspecified atom stereocenters. The summed E-state index contributed by atoms with van der Waals surface area (Å²) in [4.78, 5) is 0. The van der Waals surface area contributed by atoms with Gasteiger partial charge in [0.15, 0.2) is 0 Å². The van der Waals surface area contributed by atoms with E-state index in [-0.39, 0.29) is 6.10 Å². The SMILES string of the molecule is COc1ccc(C2C[C@H](O)c3cc(C)ccc3O2)cc1C. The highest BCUT2D eigenvalue weighted by Crippen LogP contribution is 2.41. The van der Waals surface area contributed by atoms with Crippen LogP contribution in [-0.4, -0.2) is 12.2 Å². The predicted octanol–water partition coefficient (Wildman–Crippen LogP) is 3.87. The molecule has 0 radical (unpaired) electrons. The number of methoxy groups -OCH3 is 1. The van der Waals surface area contributed by atoms with E-state index in [0.717, 1.165) is 33.8 Å². The Bertz CT molecular complexity index is 664. The molecule has 2 aromatic carbocycles. The molecule has 1 aliphatic heterocycles. The van der Waals surface area contributed by atoms with E-state index in [9.17, 15) is 5.11 Å². The predicted molar refractivity (Wildman–Crippen MR) is 81.9 cm³/mol. The van der Waals surface area contributed by atoms with Crippen LogP contribution in [0.4, 0.5) is 0 Å². The number of rotatable bonds is 2. The van der Waals surface area contributed by atoms with Crippen LogP contribution in [0.25, 0.3) is 0 Å². The summed E-state index contributed by atoms with van der Waals surface area (Å²) in [5, 5.41) is 10.4. The van der Waals surface area contributed by atoms with Crippen molar-refractivity contribution in [1.82, 2.24) is 0 Å². The molecule has 3 nitrogen and oxygen atoms in total. The monoisotopic (exact) mass is 284 g/mol. The third-order valence-corrected chi connectivity index (χ3v) is 4.02. The molecule has 0 bridgehead atoms. The van der Waals surface area contributed by atoms with E-state index >= 15 is 0 Å². The van der Waals surface area contributed by atoms with Crippen molar-refractivity contribution in [3.05, 3.63) is 58.7 Å². The van der Waals surface area contributed by atoms with Crippen molar-refractivity contribution >= 4 is 0 Å². The van der Waals surface area contributed by atoms with Gasteiger partial charge >= 0.3 is 0 Å². The standard InChI is InChI=1S/C18H20O3/c1-11-4-6-17-14(8-11)15(19)10-18(21-17)13-5-7-16(20-3)12(2)9-13/h4-9,15,18-19H,10H2,1-3H3/t15-,18?/m0/s1. The van der Waals surface area contributed by atoms with Gasteiger partial charge < -0.3 is 14.6 Å². The quantitative estimate of drug-likeness (QED) is 0.910. The fourth-order valence-corrected chi connectivity index (χ4v) is 2.87. The first-order valence-corrected chi connectivity index (χ1v) is 7.18. The highest BCUT2D eigenvalue weighted by atomic mass is 16.5. The molecule has 21 heavy (non-hydrogen) atoms. The smallest absolute Gasteiger partial charge is 0.127 e. The third kappa shape index (κ3) is 2.61. The maximum Gasteiger partial charge on any atom is 0.127 e. The summed E-state index contributed by atoms with van der Waals surface area (Å²) < 4.78 is 11.4. The van der Waals surface area contributed by atoms with Crippen molar-refractivity contribution in [3.8, 4) is 11.5 Å². The van der Waals surface area contributed by atoms with E-state index < -0.39 is 6.10 Å². The molecule has 0 amide bonds. The highest BCUT2D eigenvalue weighted by Gasteiger charge is 2.28. The number of fused-ring (bicyclic) bond motifs is 1. The Morgan fingerprint density at radius 3 is 2.67 bits per heavy atom. The first kappa shape index (κ1) is 14.0. The van der Waals surface area contributed by atoms with Gasteiger partial charge in [-0.15, -0.1) is 0 Å². The molecule has 0 saturated carbocycles. The second-order valence-corrected chi connectivity index (χ2v) is 5.63. The molecule has 0 fully saturated rings. The third-order valence-electron chi connectivity index (χ3n) is 4.02. The minimum Gasteiger partial charge on any atom is -0.496 e. The number of aryl methyl sites for hydroxylation is 2. The summed E-state index contributed by atoms with van der Waals surface area (Å²) in [6.45, 7) is 4.03. The zero-order valence-electron chi connectivity index (χ0n) is 12.6. The van der Waals surface area contributed by atoms with Gasteiger partial charge in [0.1, 0.15) is 17.6 Å². The van der Waals surface area contributed by atoms with Crippen LogP contribution in [0.15, 0.2) is 36.4 Å². The first-order valence-electron chi connectivity index (χ1n) is 7.18. The summed E-state index contributed by atoms with van der Waals surface area (Å²) in [5.41, 5.74) is 4.16. The van der Waals surface area contributed by atoms with Crippen molar-refractivity contribution in [1.29, 1.82) is 0 Å². The summed E-state index contributed by atoms with van der Waals surface area (Å²) in [6, 6.07) is 12.0. The van der Waals surface area contributed by atoms with E-state index in [1.54, 1.807) is 7.11 Å². The minimum atomic E-state index is -0.485. The molecule has 3 heteroatoms. The van der Waals surface area contributed by atoms with Gasteiger partial charge in [-0.05, 0) is 49.2 Å². The Balaban J connectivity index is 1.92. The lowest BCUT2D eigenvalue weighted by Gasteiger charge is -2.30. The average Bonchev–Trinajstić information content (AvgIpc) is 2.47. The van der Waals surface area contributed by atoms with Gasteiger partial charge in [-0.3, -0.25) is 0 Å². The largest absolute Gasteiger partial charge is 0.496 e. The summed E-state index contributed by atoms with van der Waals surface area (Å²) in [5.74, 6) is 1.64. The van der Waals surface area contributed by atoms with Crippen LogP contribution in [0.5, 0.6) is 11.5 Å². The Kier molecular flexibility index (Phi) is 3.60. The molecule has 2 atom stereocenters. The van der Waals surface area contributed by atoms with E-state index in [4.69, 9.17) is 9.47 Å². The second-order valence-electron chi connectivity index (χ2n) is 5.63. The van der Waals surface area contributed by atoms with Gasteiger partial charge in [-0.2, -0.15) is 0 Å². The number of ether oxygens (including phenoxy) is 2. The van der Waals surface area contributed by atoms with Crippen molar-refractivity contribution in [2.45, 2.75) is 32.5 Å². The Hall–Kier alpha value is -2.00. The topological polar surface area (TPSA) is 38.7 Å². The molecule has 0 saturated heterocycles. The van der Waals surface area contributed by atoms with Gasteiger partial charge in [-0.25, -0.2) is 0 Å². The van der Waals surface area contributed by atoms with Crippen molar-refractivity contribution in [2.75, 3.05) is 7.11 Å². The van der Waals surface area contributed by atoms with Gasteiger partial charge in [0, 0.05) is 12.0 Å². The molecule has 0 aromatic heterocycles. The Morgan fingerprint density at radius 1 is 1.14 bits per heavy atom. The number of aliphatic hydroxyl groups excluding tert-OH is 1. The van der Waals surface area contributed by atoms with E-state index in [1.807, 2.05) is 44.2 Å². The van der Waals surface area contributed by atoms with Crippen LogP contribution < -0.4 is 9.47 Å². The van der Waals surface area contributed by atoms with Gasteiger partial charge in [0.05, 0.1) is 13.2 Å². The fraction of sp³-hybridized carbons (Fsp3) is 0.333. The van der Waals surface area contributed by atoms with Crippen LogP contribution in [0.3, 0.4) is 0 Å². The molecule has 2 aromatic rings. The lowest BCUT2D eigenvalue weighted by molar-refractivity contribution is 0.0656. The zero-order chi connectivity index (χ0) is 15.0. The number of hydrogen-bond acceptors (Lipinski definition) is 3. The van der Waals surface area contributed by atoms with Crippen LogP contribution in [-0.2, 0) is 0 Å². The van der Waals surface area contributed by atoms with Crippen molar-refractivity contribution in [3.63, 3.8) is 0 Å². The molecule has 3 rings (SSSR count). The maximum absolute atomic E-state index is 10.4. The summed E-state index contributed by atoms with van der Waals surface area (Å²) in [6.07, 6.45) is -0.0387. The molecule has 0 aliphatic carbocycles. The lowest BCUT2D eigenvalue weighted by atomic mass is 9.93. The summed E-state index contributed by atoms with van der Waals surface area (Å²) >= 11 is 0. The molecular formula is C18H20O3. The molecular weight excluding hydrogens is 264 g/mol. The van der Waals surface area contributed by atoms with Crippen LogP contribution >= 0.6 is 0 Å². The van der Waals surface area contributed by atoms with Gasteiger partial charge in [0.2, 0.25) is 0 Å². The number of hydrogen-bond donors (Lipinski definition) is 1. The molecule has 1 aliphatic rings. The van der Waals surface area contributed by atoms with E-state index in [2.05, 4.69) is 6.07 Å². The zero-order valence-corrected chi connectivity index (χ0v) is 12.6. The van der Waals surface area contributed by atoms with E-state index in [0.29, 0.717) is 6.42 Å². The second kappa shape index (κ2) is 5.41. The highest BCUT2D eigenvalue weighted by molar-refractivity contribution is 5.42. The number of benzene rings is 2. The first-order chi connectivity index (χ1) is 10.1. The van der Waals surface area contributed by atoms with E-state index in [1.165, 1.54) is 0 Å². The van der Waals surface area contributed by atoms with Gasteiger partial charge in [0.25, 0.3) is 0 Å². The maximum atomic E-state index is 10.4. The molecule has 0 spiro atoms.